The van der Waals surface area contributed by atoms with Gasteiger partial charge in [-0.15, -0.1) is 0 Å². The number of allylic oxidation sites excluding steroid dienone is 1. The second-order valence-corrected chi connectivity index (χ2v) is 4.67. The summed E-state index contributed by atoms with van der Waals surface area (Å²) in [7, 11) is 0. The van der Waals surface area contributed by atoms with Crippen LogP contribution in [0, 0.1) is 17.1 Å². The van der Waals surface area contributed by atoms with Crippen molar-refractivity contribution in [1.29, 1.82) is 5.26 Å². The van der Waals surface area contributed by atoms with Crippen LogP contribution in [0.3, 0.4) is 0 Å². The Balaban J connectivity index is 2.35. The topological polar surface area (TPSA) is 88.4 Å². The van der Waals surface area contributed by atoms with Crippen molar-refractivity contribution in [2.45, 2.75) is 19.6 Å². The monoisotopic (exact) mass is 290 g/mol. The molecule has 7 heteroatoms. The number of rotatable bonds is 2. The molecule has 1 N–H and O–H groups in total. The number of halogens is 1. The first-order valence-electron chi connectivity index (χ1n) is 5.96. The van der Waals surface area contributed by atoms with Gasteiger partial charge in [-0.3, -0.25) is 0 Å². The third-order valence-corrected chi connectivity index (χ3v) is 2.56. The van der Waals surface area contributed by atoms with E-state index in [0.29, 0.717) is 5.69 Å². The highest BCUT2D eigenvalue weighted by Crippen LogP contribution is 2.25. The molecule has 2 rings (SSSR count). The number of carbonyl (C=O) groups excluding carboxylic acids is 2. The zero-order chi connectivity index (χ0) is 15.6. The van der Waals surface area contributed by atoms with Gasteiger partial charge in [0, 0.05) is 19.5 Å². The van der Waals surface area contributed by atoms with Crippen LogP contribution in [0.1, 0.15) is 13.8 Å². The number of hydrogen-bond donors (Lipinski definition) is 1. The first-order chi connectivity index (χ1) is 9.82. The number of anilines is 1. The van der Waals surface area contributed by atoms with Gasteiger partial charge in [0.2, 0.25) is 0 Å². The third-order valence-electron chi connectivity index (χ3n) is 2.56. The Kier molecular flexibility index (Phi) is 3.63. The number of hydrogen-bond acceptors (Lipinski definition) is 6. The summed E-state index contributed by atoms with van der Waals surface area (Å²) >= 11 is 0. The predicted octanol–water partition coefficient (Wildman–Crippen LogP) is 1.85. The lowest BCUT2D eigenvalue weighted by molar-refractivity contribution is -0.222. The van der Waals surface area contributed by atoms with Crippen molar-refractivity contribution in [3.63, 3.8) is 0 Å². The number of benzene rings is 1. The highest BCUT2D eigenvalue weighted by atomic mass is 19.1. The fraction of sp³-hybridized carbons (Fsp3) is 0.214. The van der Waals surface area contributed by atoms with Crippen LogP contribution in [0.2, 0.25) is 0 Å². The molecule has 1 aromatic carbocycles. The molecule has 6 nitrogen and oxygen atoms in total. The van der Waals surface area contributed by atoms with Gasteiger partial charge in [0.25, 0.3) is 5.79 Å². The zero-order valence-electron chi connectivity index (χ0n) is 11.3. The first-order valence-corrected chi connectivity index (χ1v) is 5.96. The van der Waals surface area contributed by atoms with E-state index in [4.69, 9.17) is 14.7 Å². The van der Waals surface area contributed by atoms with Crippen LogP contribution in [0.5, 0.6) is 0 Å². The Morgan fingerprint density at radius 1 is 1.19 bits per heavy atom. The molecule has 21 heavy (non-hydrogen) atoms. The Morgan fingerprint density at radius 2 is 1.71 bits per heavy atom. The molecule has 108 valence electrons. The minimum atomic E-state index is -1.38. The van der Waals surface area contributed by atoms with Gasteiger partial charge in [-0.05, 0) is 24.3 Å². The summed E-state index contributed by atoms with van der Waals surface area (Å²) in [6.07, 6.45) is 0. The number of esters is 2. The van der Waals surface area contributed by atoms with E-state index < -0.39 is 29.1 Å². The second-order valence-electron chi connectivity index (χ2n) is 4.67. The molecule has 0 saturated carbocycles. The van der Waals surface area contributed by atoms with E-state index in [1.165, 1.54) is 38.1 Å². The molecule has 0 spiro atoms. The van der Waals surface area contributed by atoms with Crippen LogP contribution < -0.4 is 5.32 Å². The first kappa shape index (κ1) is 14.5. The van der Waals surface area contributed by atoms with E-state index in [1.54, 1.807) is 6.07 Å². The summed E-state index contributed by atoms with van der Waals surface area (Å²) in [5, 5.41) is 11.7. The van der Waals surface area contributed by atoms with Crippen molar-refractivity contribution in [3.8, 4) is 6.07 Å². The van der Waals surface area contributed by atoms with Crippen molar-refractivity contribution >= 4 is 17.6 Å². The quantitative estimate of drug-likeness (QED) is 0.387. The molecule has 0 aromatic heterocycles. The van der Waals surface area contributed by atoms with Gasteiger partial charge in [-0.25, -0.2) is 14.0 Å². The molecular formula is C14H11FN2O4. The van der Waals surface area contributed by atoms with Crippen LogP contribution in [0.15, 0.2) is 35.5 Å². The van der Waals surface area contributed by atoms with Crippen LogP contribution in [0.25, 0.3) is 0 Å². The SMILES string of the molecule is CC1(C)OC(=O)C(=C(C#N)Nc2ccc(F)cc2)C(=O)O1. The van der Waals surface area contributed by atoms with Gasteiger partial charge in [-0.2, -0.15) is 5.26 Å². The van der Waals surface area contributed by atoms with Gasteiger partial charge < -0.3 is 14.8 Å². The summed E-state index contributed by atoms with van der Waals surface area (Å²) < 4.78 is 22.6. The summed E-state index contributed by atoms with van der Waals surface area (Å²) in [5.74, 6) is -3.75. The smallest absolute Gasteiger partial charge is 0.351 e. The molecular weight excluding hydrogens is 279 g/mol. The standard InChI is InChI=1S/C14H11FN2O4/c1-14(2)20-12(18)11(13(19)21-14)10(7-16)17-9-5-3-8(15)4-6-9/h3-6,17H,1-2H3. The highest BCUT2D eigenvalue weighted by molar-refractivity contribution is 6.16. The summed E-state index contributed by atoms with van der Waals surface area (Å²) in [5.41, 5.74) is -0.515. The largest absolute Gasteiger partial charge is 0.419 e. The van der Waals surface area contributed by atoms with Crippen molar-refractivity contribution in [1.82, 2.24) is 0 Å². The fourth-order valence-corrected chi connectivity index (χ4v) is 1.68. The highest BCUT2D eigenvalue weighted by Gasteiger charge is 2.41. The van der Waals surface area contributed by atoms with Gasteiger partial charge in [0.1, 0.15) is 17.6 Å². The van der Waals surface area contributed by atoms with E-state index in [1.807, 2.05) is 0 Å². The van der Waals surface area contributed by atoms with Crippen molar-refractivity contribution in [2.75, 3.05) is 5.32 Å². The lowest BCUT2D eigenvalue weighted by atomic mass is 10.1. The van der Waals surface area contributed by atoms with Crippen LogP contribution >= 0.6 is 0 Å². The van der Waals surface area contributed by atoms with Gasteiger partial charge in [0.15, 0.2) is 5.57 Å². The molecule has 0 radical (unpaired) electrons. The maximum atomic E-state index is 12.8. The van der Waals surface area contributed by atoms with E-state index in [2.05, 4.69) is 5.32 Å². The molecule has 1 saturated heterocycles. The maximum Gasteiger partial charge on any atom is 0.351 e. The number of ether oxygens (including phenoxy) is 2. The molecule has 0 amide bonds. The number of nitrogens with one attached hydrogen (secondary N) is 1. The normalized spacial score (nSPS) is 16.6. The van der Waals surface area contributed by atoms with E-state index in [-0.39, 0.29) is 5.70 Å². The fourth-order valence-electron chi connectivity index (χ4n) is 1.68. The average Bonchev–Trinajstić information content (AvgIpc) is 2.37. The van der Waals surface area contributed by atoms with Crippen LogP contribution in [-0.2, 0) is 19.1 Å². The Bertz CT molecular complexity index is 649. The summed E-state index contributed by atoms with van der Waals surface area (Å²) in [4.78, 5) is 23.7. The predicted molar refractivity (Wildman–Crippen MR) is 68.9 cm³/mol. The zero-order valence-corrected chi connectivity index (χ0v) is 11.3. The van der Waals surface area contributed by atoms with Crippen LogP contribution in [0.4, 0.5) is 10.1 Å². The molecule has 0 atom stereocenters. The number of carbonyl (C=O) groups is 2. The number of nitriles is 1. The van der Waals surface area contributed by atoms with Crippen molar-refractivity contribution in [3.05, 3.63) is 41.4 Å². The lowest BCUT2D eigenvalue weighted by Crippen LogP contribution is -2.42. The van der Waals surface area contributed by atoms with Gasteiger partial charge in [-0.1, -0.05) is 0 Å². The van der Waals surface area contributed by atoms with E-state index >= 15 is 0 Å². The molecule has 0 unspecified atom stereocenters. The average molecular weight is 290 g/mol. The molecule has 1 aliphatic heterocycles. The molecule has 1 fully saturated rings. The second kappa shape index (κ2) is 5.25. The summed E-state index contributed by atoms with van der Waals surface area (Å²) in [6, 6.07) is 6.75. The van der Waals surface area contributed by atoms with Crippen molar-refractivity contribution in [2.24, 2.45) is 0 Å². The van der Waals surface area contributed by atoms with Gasteiger partial charge in [0.05, 0.1) is 0 Å². The maximum absolute atomic E-state index is 12.8. The van der Waals surface area contributed by atoms with E-state index in [0.717, 1.165) is 0 Å². The van der Waals surface area contributed by atoms with Crippen LogP contribution in [-0.4, -0.2) is 17.7 Å². The minimum Gasteiger partial charge on any atom is -0.419 e. The molecule has 1 aliphatic rings. The Hall–Kier alpha value is -2.88. The molecule has 0 bridgehead atoms. The van der Waals surface area contributed by atoms with Gasteiger partial charge >= 0.3 is 11.9 Å². The molecule has 0 aliphatic carbocycles. The number of cyclic esters (lactones) is 2. The third kappa shape index (κ3) is 3.17. The Labute approximate surface area is 119 Å². The molecule has 1 aromatic rings. The summed E-state index contributed by atoms with van der Waals surface area (Å²) in [6.45, 7) is 2.80. The molecule has 1 heterocycles. The minimum absolute atomic E-state index is 0.327. The van der Waals surface area contributed by atoms with Crippen molar-refractivity contribution < 1.29 is 23.5 Å². The Morgan fingerprint density at radius 3 is 2.19 bits per heavy atom. The van der Waals surface area contributed by atoms with E-state index in [9.17, 15) is 14.0 Å². The lowest BCUT2D eigenvalue weighted by Gasteiger charge is -2.30. The number of nitrogens with zero attached hydrogens (tertiary/aromatic N) is 1.